The van der Waals surface area contributed by atoms with Crippen molar-refractivity contribution >= 4 is 17.3 Å². The molecular weight excluding hydrogens is 328 g/mol. The van der Waals surface area contributed by atoms with E-state index in [1.165, 1.54) is 0 Å². The van der Waals surface area contributed by atoms with Gasteiger partial charge in [0, 0.05) is 24.6 Å². The van der Waals surface area contributed by atoms with Crippen LogP contribution in [0.3, 0.4) is 0 Å². The van der Waals surface area contributed by atoms with E-state index in [2.05, 4.69) is 20.6 Å². The summed E-state index contributed by atoms with van der Waals surface area (Å²) < 4.78 is 5.38. The standard InChI is InChI=1S/C20H20N4O2/c1-2-26-18-6-3-16(4-7-18)24-20(25)19-8-5-17(14-23-19)22-13-15-9-11-21-12-10-15/h3-12,14,22H,2,13H2,1H3,(H,24,25). The lowest BCUT2D eigenvalue weighted by Gasteiger charge is -2.08. The number of carbonyl (C=O) groups excluding carboxylic acids is 1. The molecule has 0 spiro atoms. The van der Waals surface area contributed by atoms with Crippen LogP contribution < -0.4 is 15.4 Å². The summed E-state index contributed by atoms with van der Waals surface area (Å²) in [5, 5.41) is 6.08. The van der Waals surface area contributed by atoms with Crippen molar-refractivity contribution in [2.75, 3.05) is 17.2 Å². The average molecular weight is 348 g/mol. The Balaban J connectivity index is 1.56. The van der Waals surface area contributed by atoms with Gasteiger partial charge >= 0.3 is 0 Å². The first-order chi connectivity index (χ1) is 12.7. The molecule has 2 heterocycles. The smallest absolute Gasteiger partial charge is 0.274 e. The summed E-state index contributed by atoms with van der Waals surface area (Å²) in [5.41, 5.74) is 3.02. The number of pyridine rings is 2. The molecule has 26 heavy (non-hydrogen) atoms. The number of carbonyl (C=O) groups is 1. The molecule has 0 aliphatic rings. The fraction of sp³-hybridized carbons (Fsp3) is 0.150. The molecule has 0 saturated heterocycles. The lowest BCUT2D eigenvalue weighted by Crippen LogP contribution is -2.13. The second-order valence-electron chi connectivity index (χ2n) is 5.55. The van der Waals surface area contributed by atoms with E-state index in [1.54, 1.807) is 36.8 Å². The van der Waals surface area contributed by atoms with E-state index < -0.39 is 0 Å². The molecule has 0 aliphatic heterocycles. The van der Waals surface area contributed by atoms with Gasteiger partial charge in [0.2, 0.25) is 0 Å². The monoisotopic (exact) mass is 348 g/mol. The number of benzene rings is 1. The van der Waals surface area contributed by atoms with E-state index in [4.69, 9.17) is 4.74 Å². The molecule has 3 aromatic rings. The number of aromatic nitrogens is 2. The van der Waals surface area contributed by atoms with Crippen LogP contribution >= 0.6 is 0 Å². The van der Waals surface area contributed by atoms with Gasteiger partial charge in [0.1, 0.15) is 11.4 Å². The fourth-order valence-electron chi connectivity index (χ4n) is 2.33. The summed E-state index contributed by atoms with van der Waals surface area (Å²) in [4.78, 5) is 20.5. The van der Waals surface area contributed by atoms with E-state index in [1.807, 2.05) is 37.3 Å². The highest BCUT2D eigenvalue weighted by Crippen LogP contribution is 2.16. The lowest BCUT2D eigenvalue weighted by atomic mass is 10.2. The third kappa shape index (κ3) is 4.80. The van der Waals surface area contributed by atoms with Crippen LogP contribution in [-0.4, -0.2) is 22.5 Å². The summed E-state index contributed by atoms with van der Waals surface area (Å²) in [6.45, 7) is 3.20. The Morgan fingerprint density at radius 1 is 1.00 bits per heavy atom. The van der Waals surface area contributed by atoms with Gasteiger partial charge in [0.25, 0.3) is 5.91 Å². The van der Waals surface area contributed by atoms with Crippen LogP contribution in [0.4, 0.5) is 11.4 Å². The van der Waals surface area contributed by atoms with E-state index in [0.29, 0.717) is 24.5 Å². The highest BCUT2D eigenvalue weighted by atomic mass is 16.5. The van der Waals surface area contributed by atoms with E-state index in [9.17, 15) is 4.79 Å². The van der Waals surface area contributed by atoms with Crippen molar-refractivity contribution in [2.24, 2.45) is 0 Å². The van der Waals surface area contributed by atoms with Crippen molar-refractivity contribution in [3.8, 4) is 5.75 Å². The van der Waals surface area contributed by atoms with Gasteiger partial charge in [0.15, 0.2) is 0 Å². The van der Waals surface area contributed by atoms with Crippen LogP contribution in [0.2, 0.25) is 0 Å². The number of ether oxygens (including phenoxy) is 1. The minimum absolute atomic E-state index is 0.255. The molecule has 132 valence electrons. The Morgan fingerprint density at radius 2 is 1.73 bits per heavy atom. The maximum Gasteiger partial charge on any atom is 0.274 e. The predicted molar refractivity (Wildman–Crippen MR) is 101 cm³/mol. The molecule has 3 rings (SSSR count). The number of hydrogen-bond donors (Lipinski definition) is 2. The molecule has 0 aliphatic carbocycles. The molecule has 0 bridgehead atoms. The summed E-state index contributed by atoms with van der Waals surface area (Å²) in [6.07, 6.45) is 5.15. The first-order valence-corrected chi connectivity index (χ1v) is 8.37. The van der Waals surface area contributed by atoms with Crippen LogP contribution in [0.1, 0.15) is 23.0 Å². The highest BCUT2D eigenvalue weighted by molar-refractivity contribution is 6.02. The minimum Gasteiger partial charge on any atom is -0.494 e. The second kappa shape index (κ2) is 8.62. The van der Waals surface area contributed by atoms with Gasteiger partial charge in [-0.2, -0.15) is 0 Å². The van der Waals surface area contributed by atoms with Crippen molar-refractivity contribution in [1.29, 1.82) is 0 Å². The fourth-order valence-corrected chi connectivity index (χ4v) is 2.33. The van der Waals surface area contributed by atoms with Gasteiger partial charge in [-0.25, -0.2) is 4.98 Å². The molecule has 0 fully saturated rings. The van der Waals surface area contributed by atoms with Crippen LogP contribution in [0.15, 0.2) is 67.1 Å². The highest BCUT2D eigenvalue weighted by Gasteiger charge is 2.08. The summed E-state index contributed by atoms with van der Waals surface area (Å²) in [7, 11) is 0. The molecule has 0 unspecified atom stereocenters. The molecule has 6 nitrogen and oxygen atoms in total. The van der Waals surface area contributed by atoms with Crippen LogP contribution in [0.5, 0.6) is 5.75 Å². The number of nitrogens with zero attached hydrogens (tertiary/aromatic N) is 2. The van der Waals surface area contributed by atoms with Crippen molar-refractivity contribution in [3.63, 3.8) is 0 Å². The summed E-state index contributed by atoms with van der Waals surface area (Å²) in [5.74, 6) is 0.517. The zero-order valence-corrected chi connectivity index (χ0v) is 14.5. The number of nitrogens with one attached hydrogen (secondary N) is 2. The molecular formula is C20H20N4O2. The Bertz CT molecular complexity index is 834. The van der Waals surface area contributed by atoms with Crippen LogP contribution in [0, 0.1) is 0 Å². The van der Waals surface area contributed by atoms with Gasteiger partial charge in [-0.1, -0.05) is 0 Å². The Kier molecular flexibility index (Phi) is 5.77. The van der Waals surface area contributed by atoms with Crippen molar-refractivity contribution < 1.29 is 9.53 Å². The van der Waals surface area contributed by atoms with Crippen molar-refractivity contribution in [2.45, 2.75) is 13.5 Å². The largest absolute Gasteiger partial charge is 0.494 e. The summed E-state index contributed by atoms with van der Waals surface area (Å²) in [6, 6.07) is 14.6. The quantitative estimate of drug-likeness (QED) is 0.680. The number of amides is 1. The summed E-state index contributed by atoms with van der Waals surface area (Å²) >= 11 is 0. The van der Waals surface area contributed by atoms with Gasteiger partial charge in [0.05, 0.1) is 18.5 Å². The maximum atomic E-state index is 12.3. The number of rotatable bonds is 7. The normalized spacial score (nSPS) is 10.2. The first-order valence-electron chi connectivity index (χ1n) is 8.37. The molecule has 2 N–H and O–H groups in total. The molecule has 1 aromatic carbocycles. The van der Waals surface area contributed by atoms with Gasteiger partial charge in [-0.05, 0) is 61.0 Å². The third-order valence-corrected chi connectivity index (χ3v) is 3.67. The maximum absolute atomic E-state index is 12.3. The van der Waals surface area contributed by atoms with E-state index in [0.717, 1.165) is 17.0 Å². The topological polar surface area (TPSA) is 76.1 Å². The molecule has 6 heteroatoms. The molecule has 0 saturated carbocycles. The van der Waals surface area contributed by atoms with Gasteiger partial charge in [-0.3, -0.25) is 9.78 Å². The minimum atomic E-state index is -0.255. The van der Waals surface area contributed by atoms with Gasteiger partial charge in [-0.15, -0.1) is 0 Å². The molecule has 2 aromatic heterocycles. The molecule has 1 amide bonds. The van der Waals surface area contributed by atoms with Crippen molar-refractivity contribution in [3.05, 3.63) is 78.4 Å². The van der Waals surface area contributed by atoms with E-state index in [-0.39, 0.29) is 5.91 Å². The Hall–Kier alpha value is -3.41. The first kappa shape index (κ1) is 17.4. The van der Waals surface area contributed by atoms with E-state index >= 15 is 0 Å². The second-order valence-corrected chi connectivity index (χ2v) is 5.55. The Morgan fingerprint density at radius 3 is 2.38 bits per heavy atom. The number of anilines is 2. The Labute approximate surface area is 152 Å². The predicted octanol–water partition coefficient (Wildman–Crippen LogP) is 3.74. The zero-order chi connectivity index (χ0) is 18.2. The zero-order valence-electron chi connectivity index (χ0n) is 14.5. The molecule has 0 atom stereocenters. The lowest BCUT2D eigenvalue weighted by molar-refractivity contribution is 0.102. The number of hydrogen-bond acceptors (Lipinski definition) is 5. The van der Waals surface area contributed by atoms with Gasteiger partial charge < -0.3 is 15.4 Å². The van der Waals surface area contributed by atoms with Crippen molar-refractivity contribution in [1.82, 2.24) is 9.97 Å². The third-order valence-electron chi connectivity index (χ3n) is 3.67. The SMILES string of the molecule is CCOc1ccc(NC(=O)c2ccc(NCc3ccncc3)cn2)cc1. The molecule has 0 radical (unpaired) electrons. The van der Waals surface area contributed by atoms with Crippen LogP contribution in [-0.2, 0) is 6.54 Å². The van der Waals surface area contributed by atoms with Crippen LogP contribution in [0.25, 0.3) is 0 Å². The average Bonchev–Trinajstić information content (AvgIpc) is 2.69.